The van der Waals surface area contributed by atoms with Crippen molar-refractivity contribution >= 4 is 11.4 Å². The molecule has 2 aliphatic heterocycles. The van der Waals surface area contributed by atoms with Crippen molar-refractivity contribution in [2.45, 2.75) is 25.3 Å². The first-order valence-electron chi connectivity index (χ1n) is 7.44. The number of piperidine rings is 2. The summed E-state index contributed by atoms with van der Waals surface area (Å²) in [5.41, 5.74) is 8.11. The maximum absolute atomic E-state index is 9.11. The van der Waals surface area contributed by atoms with Crippen LogP contribution in [0.25, 0.3) is 0 Å². The summed E-state index contributed by atoms with van der Waals surface area (Å²) in [6.45, 7) is 3.41. The normalized spacial score (nSPS) is 26.9. The highest BCUT2D eigenvalue weighted by Crippen LogP contribution is 2.32. The molecule has 0 radical (unpaired) electrons. The lowest BCUT2D eigenvalue weighted by molar-refractivity contribution is 0.102. The fourth-order valence-electron chi connectivity index (χ4n) is 3.72. The molecule has 2 N–H and O–H groups in total. The molecular formula is C16H22N4. The molecule has 2 aliphatic rings. The second kappa shape index (κ2) is 5.34. The maximum atomic E-state index is 9.11. The summed E-state index contributed by atoms with van der Waals surface area (Å²) >= 11 is 0. The smallest absolute Gasteiger partial charge is 0.101 e. The zero-order chi connectivity index (χ0) is 14.1. The number of hydrogen-bond acceptors (Lipinski definition) is 4. The van der Waals surface area contributed by atoms with Gasteiger partial charge in [0.1, 0.15) is 6.07 Å². The van der Waals surface area contributed by atoms with Crippen molar-refractivity contribution in [1.82, 2.24) is 4.90 Å². The van der Waals surface area contributed by atoms with Gasteiger partial charge >= 0.3 is 0 Å². The third-order valence-corrected chi connectivity index (χ3v) is 4.87. The first-order chi connectivity index (χ1) is 9.69. The zero-order valence-electron chi connectivity index (χ0n) is 12.0. The standard InChI is InChI=1S/C16H22N4/c1-19-7-2-3-12-11-20(8-6-16(12)19)14-4-5-15(18)13(9-14)10-17/h4-5,9,12,16H,2-3,6-8,11,18H2,1H3. The van der Waals surface area contributed by atoms with E-state index < -0.39 is 0 Å². The van der Waals surface area contributed by atoms with Crippen LogP contribution in [0.5, 0.6) is 0 Å². The van der Waals surface area contributed by atoms with Crippen molar-refractivity contribution < 1.29 is 0 Å². The quantitative estimate of drug-likeness (QED) is 0.794. The van der Waals surface area contributed by atoms with Gasteiger partial charge in [-0.3, -0.25) is 0 Å². The van der Waals surface area contributed by atoms with E-state index in [1.54, 1.807) is 0 Å². The minimum absolute atomic E-state index is 0.573. The molecule has 0 amide bonds. The number of hydrogen-bond donors (Lipinski definition) is 1. The van der Waals surface area contributed by atoms with Gasteiger partial charge in [0, 0.05) is 30.5 Å². The van der Waals surface area contributed by atoms with E-state index in [-0.39, 0.29) is 0 Å². The molecule has 0 saturated carbocycles. The molecule has 20 heavy (non-hydrogen) atoms. The Morgan fingerprint density at radius 2 is 2.15 bits per heavy atom. The lowest BCUT2D eigenvalue weighted by atomic mass is 9.84. The summed E-state index contributed by atoms with van der Waals surface area (Å²) < 4.78 is 0. The van der Waals surface area contributed by atoms with Crippen molar-refractivity contribution in [2.24, 2.45) is 5.92 Å². The van der Waals surface area contributed by atoms with Gasteiger partial charge in [-0.1, -0.05) is 0 Å². The fraction of sp³-hybridized carbons (Fsp3) is 0.562. The lowest BCUT2D eigenvalue weighted by Gasteiger charge is -2.46. The highest BCUT2D eigenvalue weighted by Gasteiger charge is 2.34. The number of benzene rings is 1. The SMILES string of the molecule is CN1CCCC2CN(c3ccc(N)c(C#N)c3)CCC21. The molecule has 2 heterocycles. The van der Waals surface area contributed by atoms with Gasteiger partial charge in [-0.2, -0.15) is 5.26 Å². The van der Waals surface area contributed by atoms with Crippen LogP contribution >= 0.6 is 0 Å². The molecule has 3 rings (SSSR count). The molecule has 2 fully saturated rings. The summed E-state index contributed by atoms with van der Waals surface area (Å²) in [5, 5.41) is 9.11. The Hall–Kier alpha value is -1.73. The Balaban J connectivity index is 1.78. The zero-order valence-corrected chi connectivity index (χ0v) is 12.0. The van der Waals surface area contributed by atoms with Gasteiger partial charge in [0.15, 0.2) is 0 Å². The van der Waals surface area contributed by atoms with E-state index in [1.807, 2.05) is 18.2 Å². The minimum Gasteiger partial charge on any atom is -0.398 e. The fourth-order valence-corrected chi connectivity index (χ4v) is 3.72. The lowest BCUT2D eigenvalue weighted by Crippen LogP contribution is -2.52. The molecule has 0 aromatic heterocycles. The molecule has 2 saturated heterocycles. The number of nitrogen functional groups attached to an aromatic ring is 1. The van der Waals surface area contributed by atoms with Crippen LogP contribution in [0.1, 0.15) is 24.8 Å². The molecule has 2 unspecified atom stereocenters. The summed E-state index contributed by atoms with van der Waals surface area (Å²) in [6, 6.07) is 8.75. The average molecular weight is 270 g/mol. The van der Waals surface area contributed by atoms with Crippen molar-refractivity contribution in [3.63, 3.8) is 0 Å². The topological polar surface area (TPSA) is 56.3 Å². The van der Waals surface area contributed by atoms with Crippen LogP contribution in [0.4, 0.5) is 11.4 Å². The van der Waals surface area contributed by atoms with Crippen molar-refractivity contribution in [3.8, 4) is 6.07 Å². The van der Waals surface area contributed by atoms with Crippen LogP contribution in [0.2, 0.25) is 0 Å². The molecule has 0 bridgehead atoms. The van der Waals surface area contributed by atoms with E-state index in [0.29, 0.717) is 11.3 Å². The second-order valence-electron chi connectivity index (χ2n) is 6.07. The largest absolute Gasteiger partial charge is 0.398 e. The van der Waals surface area contributed by atoms with Gasteiger partial charge in [0.2, 0.25) is 0 Å². The Morgan fingerprint density at radius 1 is 1.30 bits per heavy atom. The maximum Gasteiger partial charge on any atom is 0.101 e. The Kier molecular flexibility index (Phi) is 3.54. The Labute approximate surface area is 120 Å². The third kappa shape index (κ3) is 2.34. The second-order valence-corrected chi connectivity index (χ2v) is 6.07. The molecule has 0 spiro atoms. The molecule has 106 valence electrons. The molecule has 2 atom stereocenters. The van der Waals surface area contributed by atoms with E-state index in [9.17, 15) is 0 Å². The number of fused-ring (bicyclic) bond motifs is 1. The van der Waals surface area contributed by atoms with Crippen molar-refractivity contribution in [2.75, 3.05) is 37.3 Å². The molecule has 4 nitrogen and oxygen atoms in total. The van der Waals surface area contributed by atoms with Crippen molar-refractivity contribution in [3.05, 3.63) is 23.8 Å². The molecular weight excluding hydrogens is 248 g/mol. The Bertz CT molecular complexity index is 534. The molecule has 1 aromatic rings. The first-order valence-corrected chi connectivity index (χ1v) is 7.44. The van der Waals surface area contributed by atoms with Gasteiger partial charge in [0.25, 0.3) is 0 Å². The van der Waals surface area contributed by atoms with E-state index >= 15 is 0 Å². The summed E-state index contributed by atoms with van der Waals surface area (Å²) in [6.07, 6.45) is 3.84. The molecule has 0 aliphatic carbocycles. The highest BCUT2D eigenvalue weighted by molar-refractivity contribution is 5.63. The summed E-state index contributed by atoms with van der Waals surface area (Å²) in [7, 11) is 2.25. The van der Waals surface area contributed by atoms with Crippen LogP contribution < -0.4 is 10.6 Å². The van der Waals surface area contributed by atoms with Gasteiger partial charge in [-0.25, -0.2) is 0 Å². The van der Waals surface area contributed by atoms with Crippen molar-refractivity contribution in [1.29, 1.82) is 5.26 Å². The first kappa shape index (κ1) is 13.3. The monoisotopic (exact) mass is 270 g/mol. The summed E-state index contributed by atoms with van der Waals surface area (Å²) in [5.74, 6) is 0.755. The van der Waals surface area contributed by atoms with E-state index in [0.717, 1.165) is 30.7 Å². The van der Waals surface area contributed by atoms with Gasteiger partial charge in [-0.15, -0.1) is 0 Å². The number of anilines is 2. The Morgan fingerprint density at radius 3 is 2.95 bits per heavy atom. The number of nitriles is 1. The van der Waals surface area contributed by atoms with Gasteiger partial charge in [-0.05, 0) is 57.0 Å². The van der Waals surface area contributed by atoms with Crippen LogP contribution in [0.15, 0.2) is 18.2 Å². The number of likely N-dealkylation sites (tertiary alicyclic amines) is 1. The van der Waals surface area contributed by atoms with Gasteiger partial charge < -0.3 is 15.5 Å². The molecule has 1 aromatic carbocycles. The predicted molar refractivity (Wildman–Crippen MR) is 81.5 cm³/mol. The molecule has 4 heteroatoms. The number of nitrogens with zero attached hydrogens (tertiary/aromatic N) is 3. The number of nitrogens with two attached hydrogens (primary N) is 1. The van der Waals surface area contributed by atoms with Gasteiger partial charge in [0.05, 0.1) is 5.56 Å². The number of rotatable bonds is 1. The van der Waals surface area contributed by atoms with E-state index in [4.69, 9.17) is 11.0 Å². The minimum atomic E-state index is 0.573. The van der Waals surface area contributed by atoms with Crippen LogP contribution in [-0.2, 0) is 0 Å². The average Bonchev–Trinajstić information content (AvgIpc) is 2.47. The van der Waals surface area contributed by atoms with E-state index in [1.165, 1.54) is 25.8 Å². The van der Waals surface area contributed by atoms with E-state index in [2.05, 4.69) is 22.9 Å². The van der Waals surface area contributed by atoms with Crippen LogP contribution in [0.3, 0.4) is 0 Å². The summed E-state index contributed by atoms with van der Waals surface area (Å²) in [4.78, 5) is 4.94. The highest BCUT2D eigenvalue weighted by atomic mass is 15.2. The van der Waals surface area contributed by atoms with Crippen LogP contribution in [0, 0.1) is 17.2 Å². The predicted octanol–water partition coefficient (Wildman–Crippen LogP) is 2.06. The third-order valence-electron chi connectivity index (χ3n) is 4.87. The van der Waals surface area contributed by atoms with Crippen LogP contribution in [-0.4, -0.2) is 37.6 Å².